The van der Waals surface area contributed by atoms with Crippen LogP contribution in [0.2, 0.25) is 0 Å². The maximum atomic E-state index is 3.36. The van der Waals surface area contributed by atoms with Crippen molar-refractivity contribution in [3.63, 3.8) is 0 Å². The lowest BCUT2D eigenvalue weighted by molar-refractivity contribution is 1.42. The number of hydrogen-bond donors (Lipinski definition) is 0. The fourth-order valence-corrected chi connectivity index (χ4v) is 7.94. The maximum absolute atomic E-state index is 3.36. The van der Waals surface area contributed by atoms with Gasteiger partial charge in [-0.25, -0.2) is 0 Å². The van der Waals surface area contributed by atoms with Gasteiger partial charge in [0, 0.05) is 0 Å². The van der Waals surface area contributed by atoms with Crippen molar-refractivity contribution in [1.29, 1.82) is 0 Å². The molecule has 0 saturated carbocycles. The van der Waals surface area contributed by atoms with E-state index in [2.05, 4.69) is 202 Å². The Morgan fingerprint density at radius 2 is 0.811 bits per heavy atom. The van der Waals surface area contributed by atoms with Crippen LogP contribution in [-0.2, 0) is 0 Å². The molecule has 0 nitrogen and oxygen atoms in total. The molecule has 0 saturated heterocycles. The van der Waals surface area contributed by atoms with Gasteiger partial charge in [0.1, 0.15) is 0 Å². The normalized spacial score (nSPS) is 11.0. The average molecular weight is 679 g/mol. The van der Waals surface area contributed by atoms with Crippen molar-refractivity contribution in [3.05, 3.63) is 206 Å². The first-order chi connectivity index (χ1) is 26.1. The summed E-state index contributed by atoms with van der Waals surface area (Å²) < 4.78 is 0. The molecule has 0 aliphatic rings. The molecule has 0 unspecified atom stereocenters. The zero-order valence-electron chi connectivity index (χ0n) is 30.6. The third-order valence-corrected chi connectivity index (χ3v) is 10.3. The highest BCUT2D eigenvalue weighted by Gasteiger charge is 2.19. The van der Waals surface area contributed by atoms with Crippen molar-refractivity contribution >= 4 is 32.3 Å². The number of allylic oxidation sites excluding steroid dienone is 1. The molecule has 0 fully saturated rings. The smallest absolute Gasteiger partial charge is 0.00201 e. The fraction of sp³-hybridized carbons (Fsp3) is 0.0566. The first-order valence-corrected chi connectivity index (χ1v) is 18.4. The average Bonchev–Trinajstić information content (AvgIpc) is 3.20. The molecule has 254 valence electrons. The van der Waals surface area contributed by atoms with Crippen LogP contribution in [0, 0.1) is 13.8 Å². The molecule has 0 spiro atoms. The minimum absolute atomic E-state index is 1.22. The minimum atomic E-state index is 1.22. The minimum Gasteiger partial charge on any atom is -0.103 e. The van der Waals surface area contributed by atoms with Crippen LogP contribution in [0.3, 0.4) is 0 Å². The van der Waals surface area contributed by atoms with Crippen molar-refractivity contribution in [2.24, 2.45) is 0 Å². The SMILES string of the molecule is C=CC.Cc1cc(-c2cccc(-c3c4ccccc4c(-c4ccccc4-c4ccccc4)c4ccccc34)c2)ccc1-c1cc2ccccc2cc1C. The van der Waals surface area contributed by atoms with Gasteiger partial charge < -0.3 is 0 Å². The molecule has 0 amide bonds. The Morgan fingerprint density at radius 3 is 1.45 bits per heavy atom. The number of rotatable bonds is 5. The van der Waals surface area contributed by atoms with Crippen molar-refractivity contribution in [1.82, 2.24) is 0 Å². The Balaban J connectivity index is 0.00000129. The van der Waals surface area contributed by atoms with E-state index in [1.165, 1.54) is 99.1 Å². The van der Waals surface area contributed by atoms with Crippen LogP contribution in [0.25, 0.3) is 88.0 Å². The van der Waals surface area contributed by atoms with Gasteiger partial charge in [-0.05, 0) is 132 Å². The second kappa shape index (κ2) is 14.6. The molecule has 0 radical (unpaired) electrons. The van der Waals surface area contributed by atoms with Crippen molar-refractivity contribution in [2.45, 2.75) is 20.8 Å². The molecule has 0 aliphatic carbocycles. The monoisotopic (exact) mass is 678 g/mol. The third kappa shape index (κ3) is 6.34. The zero-order chi connectivity index (χ0) is 36.3. The highest BCUT2D eigenvalue weighted by Crippen LogP contribution is 2.46. The van der Waals surface area contributed by atoms with Crippen LogP contribution in [-0.4, -0.2) is 0 Å². The van der Waals surface area contributed by atoms with Crippen LogP contribution < -0.4 is 0 Å². The van der Waals surface area contributed by atoms with Crippen LogP contribution >= 0.6 is 0 Å². The maximum Gasteiger partial charge on any atom is -0.00201 e. The Kier molecular flexibility index (Phi) is 9.28. The molecule has 0 aromatic heterocycles. The molecule has 0 atom stereocenters. The van der Waals surface area contributed by atoms with E-state index < -0.39 is 0 Å². The van der Waals surface area contributed by atoms with Gasteiger partial charge in [-0.1, -0.05) is 176 Å². The van der Waals surface area contributed by atoms with Gasteiger partial charge in [0.25, 0.3) is 0 Å². The highest BCUT2D eigenvalue weighted by molar-refractivity contribution is 6.22. The third-order valence-electron chi connectivity index (χ3n) is 10.3. The summed E-state index contributed by atoms with van der Waals surface area (Å²) in [7, 11) is 0. The van der Waals surface area contributed by atoms with E-state index in [0.717, 1.165) is 0 Å². The summed E-state index contributed by atoms with van der Waals surface area (Å²) in [5.74, 6) is 0. The van der Waals surface area contributed by atoms with Crippen LogP contribution in [0.1, 0.15) is 18.1 Å². The first-order valence-electron chi connectivity index (χ1n) is 18.4. The summed E-state index contributed by atoms with van der Waals surface area (Å²) in [4.78, 5) is 0. The predicted octanol–water partition coefficient (Wildman–Crippen LogP) is 15.3. The van der Waals surface area contributed by atoms with Gasteiger partial charge in [-0.2, -0.15) is 0 Å². The van der Waals surface area contributed by atoms with E-state index in [9.17, 15) is 0 Å². The Labute approximate surface area is 313 Å². The van der Waals surface area contributed by atoms with E-state index >= 15 is 0 Å². The second-order valence-corrected chi connectivity index (χ2v) is 13.8. The number of benzene rings is 9. The van der Waals surface area contributed by atoms with Crippen LogP contribution in [0.4, 0.5) is 0 Å². The summed E-state index contributed by atoms with van der Waals surface area (Å²) in [6, 6.07) is 66.8. The highest BCUT2D eigenvalue weighted by atomic mass is 14.2. The summed E-state index contributed by atoms with van der Waals surface area (Å²) in [5, 5.41) is 7.62. The van der Waals surface area contributed by atoms with E-state index in [4.69, 9.17) is 0 Å². The van der Waals surface area contributed by atoms with Gasteiger partial charge >= 0.3 is 0 Å². The van der Waals surface area contributed by atoms with E-state index in [0.29, 0.717) is 0 Å². The Hall–Kier alpha value is -6.50. The standard InChI is InChI=1S/C50H36.C3H6/c1-33-29-39(27-28-41(33)48-32-38-18-7-6-17-36(38)30-34(48)2)37-19-14-20-40(31-37)49-44-23-10-12-25-46(44)50(47-26-13-11-24-45(47)49)43-22-9-8-21-42(43)35-15-4-3-5-16-35;1-3-2/h3-32H,1-2H3;3H,1H2,2H3. The van der Waals surface area contributed by atoms with E-state index in [1.807, 2.05) is 6.92 Å². The molecule has 53 heavy (non-hydrogen) atoms. The predicted molar refractivity (Wildman–Crippen MR) is 231 cm³/mol. The van der Waals surface area contributed by atoms with Crippen molar-refractivity contribution in [2.75, 3.05) is 0 Å². The molecule has 0 heterocycles. The van der Waals surface area contributed by atoms with Crippen LogP contribution in [0.15, 0.2) is 195 Å². The van der Waals surface area contributed by atoms with Gasteiger partial charge in [0.2, 0.25) is 0 Å². The lowest BCUT2D eigenvalue weighted by Gasteiger charge is -2.20. The zero-order valence-corrected chi connectivity index (χ0v) is 30.6. The quantitative estimate of drug-likeness (QED) is 0.126. The van der Waals surface area contributed by atoms with Gasteiger partial charge in [0.05, 0.1) is 0 Å². The number of aryl methyl sites for hydroxylation is 2. The number of hydrogen-bond acceptors (Lipinski definition) is 0. The summed E-state index contributed by atoms with van der Waals surface area (Å²) >= 11 is 0. The molecule has 9 aromatic rings. The molecular weight excluding hydrogens is 637 g/mol. The van der Waals surface area contributed by atoms with E-state index in [-0.39, 0.29) is 0 Å². The second-order valence-electron chi connectivity index (χ2n) is 13.8. The lowest BCUT2D eigenvalue weighted by atomic mass is 9.83. The largest absolute Gasteiger partial charge is 0.103 e. The lowest BCUT2D eigenvalue weighted by Crippen LogP contribution is -1.93. The summed E-state index contributed by atoms with van der Waals surface area (Å²) in [6.45, 7) is 9.71. The van der Waals surface area contributed by atoms with Crippen molar-refractivity contribution in [3.8, 4) is 55.6 Å². The first kappa shape index (κ1) is 33.6. The van der Waals surface area contributed by atoms with Gasteiger partial charge in [-0.3, -0.25) is 0 Å². The summed E-state index contributed by atoms with van der Waals surface area (Å²) in [6.07, 6.45) is 1.75. The molecule has 9 rings (SSSR count). The molecule has 0 heteroatoms. The number of fused-ring (bicyclic) bond motifs is 3. The molecule has 9 aromatic carbocycles. The van der Waals surface area contributed by atoms with Gasteiger partial charge in [-0.15, -0.1) is 6.58 Å². The Bertz CT molecular complexity index is 2710. The molecule has 0 aliphatic heterocycles. The Morgan fingerprint density at radius 1 is 0.340 bits per heavy atom. The molecule has 0 bridgehead atoms. The van der Waals surface area contributed by atoms with Crippen molar-refractivity contribution < 1.29 is 0 Å². The molecule has 0 N–H and O–H groups in total. The topological polar surface area (TPSA) is 0 Å². The van der Waals surface area contributed by atoms with Gasteiger partial charge in [0.15, 0.2) is 0 Å². The molecular formula is C53H42. The fourth-order valence-electron chi connectivity index (χ4n) is 7.94. The summed E-state index contributed by atoms with van der Waals surface area (Å²) in [5.41, 5.74) is 15.1. The van der Waals surface area contributed by atoms with Crippen LogP contribution in [0.5, 0.6) is 0 Å². The van der Waals surface area contributed by atoms with E-state index in [1.54, 1.807) is 6.08 Å².